The normalized spacial score (nSPS) is 19.2. The Morgan fingerprint density at radius 2 is 1.94 bits per heavy atom. The van der Waals surface area contributed by atoms with Crippen LogP contribution in [0.15, 0.2) is 24.3 Å². The molecule has 1 heterocycles. The fourth-order valence-corrected chi connectivity index (χ4v) is 3.05. The molecule has 94 valence electrons. The van der Waals surface area contributed by atoms with Crippen molar-refractivity contribution in [2.24, 2.45) is 5.92 Å². The second-order valence-electron chi connectivity index (χ2n) is 4.66. The molecule has 1 unspecified atom stereocenters. The van der Waals surface area contributed by atoms with Crippen molar-refractivity contribution in [2.45, 2.75) is 25.2 Å². The lowest BCUT2D eigenvalue weighted by atomic mass is 9.86. The molecule has 1 fully saturated rings. The smallest absolute Gasteiger partial charge is 0.0468 e. The number of hydrogen-bond donors (Lipinski definition) is 0. The first-order valence-electron chi connectivity index (χ1n) is 6.19. The van der Waals surface area contributed by atoms with Crippen LogP contribution in [0.2, 0.25) is 5.02 Å². The molecule has 1 aliphatic heterocycles. The van der Waals surface area contributed by atoms with Gasteiger partial charge in [0.1, 0.15) is 0 Å². The minimum atomic E-state index is 0.369. The van der Waals surface area contributed by atoms with Crippen molar-refractivity contribution in [1.82, 2.24) is 0 Å². The van der Waals surface area contributed by atoms with E-state index in [4.69, 9.17) is 27.9 Å². The lowest BCUT2D eigenvalue weighted by molar-refractivity contribution is 0.0623. The van der Waals surface area contributed by atoms with Crippen molar-refractivity contribution < 1.29 is 4.74 Å². The van der Waals surface area contributed by atoms with Crippen LogP contribution in [0.5, 0.6) is 0 Å². The van der Waals surface area contributed by atoms with Gasteiger partial charge in [-0.3, -0.25) is 0 Å². The molecule has 0 radical (unpaired) electrons. The van der Waals surface area contributed by atoms with E-state index in [0.717, 1.165) is 43.4 Å². The Kier molecular flexibility index (Phi) is 5.15. The number of hydrogen-bond acceptors (Lipinski definition) is 1. The summed E-state index contributed by atoms with van der Waals surface area (Å²) in [7, 11) is 0. The van der Waals surface area contributed by atoms with E-state index >= 15 is 0 Å². The van der Waals surface area contributed by atoms with Crippen LogP contribution in [-0.2, 0) is 4.74 Å². The average molecular weight is 273 g/mol. The molecular formula is C14H18Cl2O. The van der Waals surface area contributed by atoms with Crippen molar-refractivity contribution in [2.75, 3.05) is 19.1 Å². The van der Waals surface area contributed by atoms with Crippen LogP contribution in [0.3, 0.4) is 0 Å². The first kappa shape index (κ1) is 13.2. The molecule has 1 atom stereocenters. The third-order valence-electron chi connectivity index (χ3n) is 3.49. The third-order valence-corrected chi connectivity index (χ3v) is 4.21. The predicted octanol–water partition coefficient (Wildman–Crippen LogP) is 4.48. The van der Waals surface area contributed by atoms with Crippen LogP contribution >= 0.6 is 23.2 Å². The molecule has 1 aromatic carbocycles. The van der Waals surface area contributed by atoms with Gasteiger partial charge in [-0.05, 0) is 42.7 Å². The van der Waals surface area contributed by atoms with Gasteiger partial charge in [-0.25, -0.2) is 0 Å². The zero-order valence-corrected chi connectivity index (χ0v) is 11.4. The summed E-state index contributed by atoms with van der Waals surface area (Å²) in [5, 5.41) is 0.838. The zero-order valence-electron chi connectivity index (χ0n) is 9.87. The highest BCUT2D eigenvalue weighted by Crippen LogP contribution is 2.33. The van der Waals surface area contributed by atoms with Crippen LogP contribution in [0.4, 0.5) is 0 Å². The highest BCUT2D eigenvalue weighted by Gasteiger charge is 2.21. The van der Waals surface area contributed by atoms with Gasteiger partial charge in [0.05, 0.1) is 0 Å². The highest BCUT2D eigenvalue weighted by molar-refractivity contribution is 6.31. The molecule has 0 N–H and O–H groups in total. The highest BCUT2D eigenvalue weighted by atomic mass is 35.5. The third kappa shape index (κ3) is 3.61. The van der Waals surface area contributed by atoms with E-state index in [1.54, 1.807) is 0 Å². The zero-order chi connectivity index (χ0) is 12.1. The lowest BCUT2D eigenvalue weighted by Crippen LogP contribution is -2.18. The Bertz CT molecular complexity index is 348. The second kappa shape index (κ2) is 6.63. The summed E-state index contributed by atoms with van der Waals surface area (Å²) in [5.41, 5.74) is 1.19. The molecule has 0 aliphatic carbocycles. The van der Waals surface area contributed by atoms with Gasteiger partial charge in [-0.15, -0.1) is 11.6 Å². The van der Waals surface area contributed by atoms with Gasteiger partial charge in [0.25, 0.3) is 0 Å². The Balaban J connectivity index is 2.03. The van der Waals surface area contributed by atoms with E-state index in [1.165, 1.54) is 5.56 Å². The number of ether oxygens (including phenoxy) is 1. The fraction of sp³-hybridized carbons (Fsp3) is 0.571. The van der Waals surface area contributed by atoms with Gasteiger partial charge in [-0.2, -0.15) is 0 Å². The van der Waals surface area contributed by atoms with E-state index in [2.05, 4.69) is 6.07 Å². The number of benzene rings is 1. The maximum atomic E-state index is 6.23. The van der Waals surface area contributed by atoms with Gasteiger partial charge >= 0.3 is 0 Å². The Labute approximate surface area is 113 Å². The summed E-state index contributed by atoms with van der Waals surface area (Å²) >= 11 is 12.3. The van der Waals surface area contributed by atoms with Gasteiger partial charge in [0, 0.05) is 24.1 Å². The van der Waals surface area contributed by atoms with Crippen molar-refractivity contribution >= 4 is 23.2 Å². The lowest BCUT2D eigenvalue weighted by Gasteiger charge is -2.26. The van der Waals surface area contributed by atoms with E-state index in [0.29, 0.717) is 11.8 Å². The van der Waals surface area contributed by atoms with Crippen molar-refractivity contribution in [3.05, 3.63) is 34.9 Å². The molecule has 3 heteroatoms. The van der Waals surface area contributed by atoms with E-state index in [-0.39, 0.29) is 0 Å². The van der Waals surface area contributed by atoms with Gasteiger partial charge in [0.15, 0.2) is 0 Å². The summed E-state index contributed by atoms with van der Waals surface area (Å²) in [6.07, 6.45) is 3.42. The summed E-state index contributed by atoms with van der Waals surface area (Å²) in [4.78, 5) is 0. The minimum absolute atomic E-state index is 0.369. The molecule has 1 aliphatic rings. The number of halogens is 2. The minimum Gasteiger partial charge on any atom is -0.381 e. The van der Waals surface area contributed by atoms with Crippen molar-refractivity contribution in [1.29, 1.82) is 0 Å². The number of rotatable bonds is 4. The Hall–Kier alpha value is -0.240. The topological polar surface area (TPSA) is 9.23 Å². The summed E-state index contributed by atoms with van der Waals surface area (Å²) in [5.74, 6) is 1.73. The van der Waals surface area contributed by atoms with E-state index in [1.807, 2.05) is 18.2 Å². The van der Waals surface area contributed by atoms with Crippen LogP contribution in [-0.4, -0.2) is 19.1 Å². The quantitative estimate of drug-likeness (QED) is 0.735. The maximum absolute atomic E-state index is 6.23. The van der Waals surface area contributed by atoms with Crippen LogP contribution in [0, 0.1) is 5.92 Å². The summed E-state index contributed by atoms with van der Waals surface area (Å²) < 4.78 is 5.39. The van der Waals surface area contributed by atoms with Crippen LogP contribution in [0.25, 0.3) is 0 Å². The molecule has 1 nitrogen and oxygen atoms in total. The molecule has 0 bridgehead atoms. The second-order valence-corrected chi connectivity index (χ2v) is 5.38. The first-order chi connectivity index (χ1) is 8.31. The van der Waals surface area contributed by atoms with E-state index in [9.17, 15) is 0 Å². The molecule has 0 saturated carbocycles. The van der Waals surface area contributed by atoms with Crippen molar-refractivity contribution in [3.63, 3.8) is 0 Å². The maximum Gasteiger partial charge on any atom is 0.0468 e. The van der Waals surface area contributed by atoms with Crippen molar-refractivity contribution in [3.8, 4) is 0 Å². The summed E-state index contributed by atoms with van der Waals surface area (Å²) in [6.45, 7) is 1.78. The standard InChI is InChI=1S/C14H18Cl2O/c15-10-12(9-11-5-7-17-8-6-11)13-3-1-2-4-14(13)16/h1-4,11-12H,5-10H2. The molecule has 0 aromatic heterocycles. The molecule has 2 rings (SSSR count). The van der Waals surface area contributed by atoms with Gasteiger partial charge < -0.3 is 4.74 Å². The summed E-state index contributed by atoms with van der Waals surface area (Å²) in [6, 6.07) is 8.03. The molecule has 1 aromatic rings. The first-order valence-corrected chi connectivity index (χ1v) is 7.10. The molecule has 0 amide bonds. The Morgan fingerprint density at radius 3 is 2.59 bits per heavy atom. The van der Waals surface area contributed by atoms with Gasteiger partial charge in [-0.1, -0.05) is 29.8 Å². The molecule has 1 saturated heterocycles. The van der Waals surface area contributed by atoms with E-state index < -0.39 is 0 Å². The molecule has 17 heavy (non-hydrogen) atoms. The SMILES string of the molecule is ClCC(CC1CCOCC1)c1ccccc1Cl. The Morgan fingerprint density at radius 1 is 1.24 bits per heavy atom. The average Bonchev–Trinajstić information content (AvgIpc) is 2.38. The number of alkyl halides is 1. The predicted molar refractivity (Wildman–Crippen MR) is 73.1 cm³/mol. The monoisotopic (exact) mass is 272 g/mol. The van der Waals surface area contributed by atoms with Crippen LogP contribution in [0.1, 0.15) is 30.7 Å². The fourth-order valence-electron chi connectivity index (χ4n) is 2.46. The van der Waals surface area contributed by atoms with Crippen LogP contribution < -0.4 is 0 Å². The largest absolute Gasteiger partial charge is 0.381 e. The molecule has 0 spiro atoms. The van der Waals surface area contributed by atoms with Gasteiger partial charge in [0.2, 0.25) is 0 Å². The molecular weight excluding hydrogens is 255 g/mol.